The molecule has 0 fully saturated rings. The second-order valence-corrected chi connectivity index (χ2v) is 9.00. The topological polar surface area (TPSA) is 122 Å². The number of anilines is 1. The van der Waals surface area contributed by atoms with Crippen molar-refractivity contribution in [2.45, 2.75) is 18.7 Å². The van der Waals surface area contributed by atoms with Crippen LogP contribution in [0, 0.1) is 5.82 Å². The molecule has 0 unspecified atom stereocenters. The van der Waals surface area contributed by atoms with E-state index >= 15 is 0 Å². The van der Waals surface area contributed by atoms with Gasteiger partial charge in [-0.05, 0) is 42.5 Å². The van der Waals surface area contributed by atoms with Crippen LogP contribution in [0.1, 0.15) is 24.2 Å². The molecular formula is C21H23ClFN3O6S. The molecule has 0 atom stereocenters. The summed E-state index contributed by atoms with van der Waals surface area (Å²) in [4.78, 5) is 35.8. The third-order valence-corrected chi connectivity index (χ3v) is 6.72. The SMILES string of the molecule is CCN(CC)S(=O)(=O)c1ccc(C(=O)NCC(=O)OCC(=O)Nc2cc(Cl)ccc2F)cc1. The summed E-state index contributed by atoms with van der Waals surface area (Å²) in [6.45, 7) is 2.85. The highest BCUT2D eigenvalue weighted by Crippen LogP contribution is 2.19. The van der Waals surface area contributed by atoms with Crippen LogP contribution in [-0.2, 0) is 24.3 Å². The lowest BCUT2D eigenvalue weighted by molar-refractivity contribution is -0.146. The fourth-order valence-electron chi connectivity index (χ4n) is 2.72. The van der Waals surface area contributed by atoms with Crippen molar-refractivity contribution < 1.29 is 31.9 Å². The van der Waals surface area contributed by atoms with Crippen molar-refractivity contribution >= 4 is 45.1 Å². The van der Waals surface area contributed by atoms with Crippen molar-refractivity contribution in [3.8, 4) is 0 Å². The van der Waals surface area contributed by atoms with Crippen molar-refractivity contribution in [1.82, 2.24) is 9.62 Å². The van der Waals surface area contributed by atoms with Gasteiger partial charge in [-0.3, -0.25) is 14.4 Å². The summed E-state index contributed by atoms with van der Waals surface area (Å²) in [6, 6.07) is 8.85. The quantitative estimate of drug-likeness (QED) is 0.484. The van der Waals surface area contributed by atoms with Crippen LogP contribution < -0.4 is 10.6 Å². The van der Waals surface area contributed by atoms with E-state index in [9.17, 15) is 27.2 Å². The van der Waals surface area contributed by atoms with Crippen molar-refractivity contribution in [3.63, 3.8) is 0 Å². The van der Waals surface area contributed by atoms with Crippen LogP contribution in [0.4, 0.5) is 10.1 Å². The zero-order chi connectivity index (χ0) is 24.6. The van der Waals surface area contributed by atoms with E-state index in [1.165, 1.54) is 40.7 Å². The molecular weight excluding hydrogens is 477 g/mol. The van der Waals surface area contributed by atoms with Gasteiger partial charge in [0.05, 0.1) is 10.6 Å². The van der Waals surface area contributed by atoms with E-state index in [1.54, 1.807) is 13.8 Å². The maximum absolute atomic E-state index is 13.6. The molecule has 2 rings (SSSR count). The van der Waals surface area contributed by atoms with Gasteiger partial charge in [0, 0.05) is 23.7 Å². The highest BCUT2D eigenvalue weighted by Gasteiger charge is 2.21. The second-order valence-electron chi connectivity index (χ2n) is 6.63. The monoisotopic (exact) mass is 499 g/mol. The van der Waals surface area contributed by atoms with Crippen LogP contribution in [0.5, 0.6) is 0 Å². The Labute approximate surface area is 195 Å². The average molecular weight is 500 g/mol. The van der Waals surface area contributed by atoms with Gasteiger partial charge in [0.1, 0.15) is 12.4 Å². The van der Waals surface area contributed by atoms with E-state index in [4.69, 9.17) is 16.3 Å². The van der Waals surface area contributed by atoms with E-state index in [0.29, 0.717) is 13.1 Å². The highest BCUT2D eigenvalue weighted by atomic mass is 35.5. The van der Waals surface area contributed by atoms with Gasteiger partial charge in [-0.2, -0.15) is 4.31 Å². The van der Waals surface area contributed by atoms with Gasteiger partial charge >= 0.3 is 5.97 Å². The Morgan fingerprint density at radius 1 is 1.06 bits per heavy atom. The first kappa shape index (κ1) is 26.2. The lowest BCUT2D eigenvalue weighted by Crippen LogP contribution is -2.32. The molecule has 0 saturated heterocycles. The summed E-state index contributed by atoms with van der Waals surface area (Å²) < 4.78 is 44.6. The van der Waals surface area contributed by atoms with E-state index in [1.807, 2.05) is 0 Å². The molecule has 2 N–H and O–H groups in total. The first-order valence-electron chi connectivity index (χ1n) is 9.87. The maximum atomic E-state index is 13.6. The molecule has 0 aliphatic heterocycles. The summed E-state index contributed by atoms with van der Waals surface area (Å²) in [5.74, 6) is -3.03. The number of rotatable bonds is 10. The van der Waals surface area contributed by atoms with Crippen molar-refractivity contribution in [2.24, 2.45) is 0 Å². The van der Waals surface area contributed by atoms with Crippen LogP contribution in [0.3, 0.4) is 0 Å². The predicted octanol–water partition coefficient (Wildman–Crippen LogP) is 2.42. The molecule has 0 bridgehead atoms. The zero-order valence-electron chi connectivity index (χ0n) is 17.9. The number of nitrogens with zero attached hydrogens (tertiary/aromatic N) is 1. The lowest BCUT2D eigenvalue weighted by Gasteiger charge is -2.18. The third kappa shape index (κ3) is 7.24. The van der Waals surface area contributed by atoms with Gasteiger partial charge < -0.3 is 15.4 Å². The smallest absolute Gasteiger partial charge is 0.325 e. The number of hydrogen-bond acceptors (Lipinski definition) is 6. The number of nitrogens with one attached hydrogen (secondary N) is 2. The van der Waals surface area contributed by atoms with E-state index in [2.05, 4.69) is 10.6 Å². The summed E-state index contributed by atoms with van der Waals surface area (Å²) in [5.41, 5.74) is -0.0289. The molecule has 12 heteroatoms. The normalized spacial score (nSPS) is 11.2. The average Bonchev–Trinajstić information content (AvgIpc) is 2.79. The van der Waals surface area contributed by atoms with E-state index < -0.39 is 46.8 Å². The Hall–Kier alpha value is -3.02. The van der Waals surface area contributed by atoms with Gasteiger partial charge in [0.15, 0.2) is 6.61 Å². The number of amides is 2. The molecule has 0 aliphatic rings. The number of esters is 1. The Bertz CT molecular complexity index is 1120. The molecule has 0 saturated carbocycles. The summed E-state index contributed by atoms with van der Waals surface area (Å²) >= 11 is 5.73. The van der Waals surface area contributed by atoms with Crippen LogP contribution in [0.2, 0.25) is 5.02 Å². The lowest BCUT2D eigenvalue weighted by atomic mass is 10.2. The number of ether oxygens (including phenoxy) is 1. The fraction of sp³-hybridized carbons (Fsp3) is 0.286. The molecule has 2 amide bonds. The molecule has 33 heavy (non-hydrogen) atoms. The van der Waals surface area contributed by atoms with Crippen molar-refractivity contribution in [3.05, 3.63) is 58.9 Å². The Kier molecular flexibility index (Phi) is 9.32. The number of benzene rings is 2. The summed E-state index contributed by atoms with van der Waals surface area (Å²) in [6.07, 6.45) is 0. The standard InChI is InChI=1S/C21H23ClFN3O6S/c1-3-26(4-2)33(30,31)16-8-5-14(6-9-16)21(29)24-12-20(28)32-13-19(27)25-18-11-15(22)7-10-17(18)23/h5-11H,3-4,12-13H2,1-2H3,(H,24,29)(H,25,27). The van der Waals surface area contributed by atoms with Crippen LogP contribution >= 0.6 is 11.6 Å². The minimum atomic E-state index is -3.65. The molecule has 0 heterocycles. The molecule has 178 valence electrons. The molecule has 9 nitrogen and oxygen atoms in total. The molecule has 0 aliphatic carbocycles. The maximum Gasteiger partial charge on any atom is 0.325 e. The van der Waals surface area contributed by atoms with Crippen molar-refractivity contribution in [2.75, 3.05) is 31.6 Å². The van der Waals surface area contributed by atoms with Gasteiger partial charge in [-0.1, -0.05) is 25.4 Å². The first-order valence-corrected chi connectivity index (χ1v) is 11.7. The summed E-state index contributed by atoms with van der Waals surface area (Å²) in [5, 5.41) is 4.74. The number of hydrogen-bond donors (Lipinski definition) is 2. The number of halogens is 2. The fourth-order valence-corrected chi connectivity index (χ4v) is 4.35. The summed E-state index contributed by atoms with van der Waals surface area (Å²) in [7, 11) is -3.65. The third-order valence-electron chi connectivity index (χ3n) is 4.42. The number of carbonyl (C=O) groups excluding carboxylic acids is 3. The van der Waals surface area contributed by atoms with Crippen molar-refractivity contribution in [1.29, 1.82) is 0 Å². The largest absolute Gasteiger partial charge is 0.454 e. The number of carbonyl (C=O) groups is 3. The molecule has 0 aromatic heterocycles. The van der Waals surface area contributed by atoms with Gasteiger partial charge in [0.25, 0.3) is 11.8 Å². The second kappa shape index (κ2) is 11.7. The Balaban J connectivity index is 1.84. The van der Waals surface area contributed by atoms with Crippen LogP contribution in [0.25, 0.3) is 0 Å². The first-order chi connectivity index (χ1) is 15.6. The van der Waals surface area contributed by atoms with Gasteiger partial charge in [-0.25, -0.2) is 12.8 Å². The predicted molar refractivity (Wildman–Crippen MR) is 120 cm³/mol. The minimum absolute atomic E-state index is 0.0457. The molecule has 2 aromatic rings. The zero-order valence-corrected chi connectivity index (χ0v) is 19.5. The highest BCUT2D eigenvalue weighted by molar-refractivity contribution is 7.89. The van der Waals surface area contributed by atoms with E-state index in [-0.39, 0.29) is 21.2 Å². The van der Waals surface area contributed by atoms with Crippen LogP contribution in [0.15, 0.2) is 47.4 Å². The molecule has 0 spiro atoms. The number of sulfonamides is 1. The Morgan fingerprint density at radius 2 is 1.70 bits per heavy atom. The Morgan fingerprint density at radius 3 is 2.30 bits per heavy atom. The van der Waals surface area contributed by atoms with Gasteiger partial charge in [0.2, 0.25) is 10.0 Å². The van der Waals surface area contributed by atoms with Crippen LogP contribution in [-0.4, -0.2) is 56.7 Å². The molecule has 0 radical (unpaired) electrons. The van der Waals surface area contributed by atoms with E-state index in [0.717, 1.165) is 6.07 Å². The molecule has 2 aromatic carbocycles. The minimum Gasteiger partial charge on any atom is -0.454 e. The van der Waals surface area contributed by atoms with Gasteiger partial charge in [-0.15, -0.1) is 0 Å².